The molecular weight excluding hydrogens is 486 g/mol. The van der Waals surface area contributed by atoms with Crippen LogP contribution in [0.15, 0.2) is 77.7 Å². The average Bonchev–Trinajstić information content (AvgIpc) is 3.31. The summed E-state index contributed by atoms with van der Waals surface area (Å²) in [4.78, 5) is 27.2. The number of anilines is 1. The van der Waals surface area contributed by atoms with Gasteiger partial charge in [0.2, 0.25) is 11.8 Å². The van der Waals surface area contributed by atoms with Crippen LogP contribution in [0.3, 0.4) is 0 Å². The molecule has 1 fully saturated rings. The number of aryl methyl sites for hydroxylation is 2. The minimum Gasteiger partial charge on any atom is -0.350 e. The van der Waals surface area contributed by atoms with E-state index in [9.17, 15) is 18.0 Å². The molecule has 0 radical (unpaired) electrons. The summed E-state index contributed by atoms with van der Waals surface area (Å²) in [5, 5.41) is 2.90. The molecule has 194 valence electrons. The minimum atomic E-state index is -3.98. The van der Waals surface area contributed by atoms with E-state index in [1.807, 2.05) is 55.1 Å². The lowest BCUT2D eigenvalue weighted by Crippen LogP contribution is -2.41. The van der Waals surface area contributed by atoms with Crippen molar-refractivity contribution in [3.8, 4) is 0 Å². The largest absolute Gasteiger partial charge is 0.350 e. The van der Waals surface area contributed by atoms with Gasteiger partial charge >= 0.3 is 0 Å². The molecule has 0 saturated carbocycles. The second-order valence-corrected chi connectivity index (χ2v) is 11.1. The number of sulfonamides is 1. The lowest BCUT2D eigenvalue weighted by molar-refractivity contribution is -0.128. The monoisotopic (exact) mass is 519 g/mol. The van der Waals surface area contributed by atoms with Crippen LogP contribution < -0.4 is 9.62 Å². The molecule has 0 unspecified atom stereocenters. The van der Waals surface area contributed by atoms with E-state index in [-0.39, 0.29) is 23.9 Å². The van der Waals surface area contributed by atoms with Gasteiger partial charge in [-0.15, -0.1) is 0 Å². The normalized spacial score (nSPS) is 13.6. The lowest BCUT2D eigenvalue weighted by Gasteiger charge is -2.26. The van der Waals surface area contributed by atoms with E-state index in [1.54, 1.807) is 36.4 Å². The number of nitrogens with one attached hydrogen (secondary N) is 1. The van der Waals surface area contributed by atoms with Gasteiger partial charge in [0.25, 0.3) is 10.0 Å². The summed E-state index contributed by atoms with van der Waals surface area (Å²) < 4.78 is 28.6. The molecule has 0 bridgehead atoms. The standard InChI is InChI=1S/C29H33N3O4S/c1-3-23-9-6-7-12-27(23)32(37(35,36)26-16-14-22(2)15-17-26)21-28(33)30-19-24-10-4-5-11-25(24)20-31-18-8-13-29(31)34/h4-7,9-12,14-17H,3,8,13,18-21H2,1-2H3,(H,30,33). The van der Waals surface area contributed by atoms with Gasteiger partial charge in [-0.25, -0.2) is 8.42 Å². The number of benzene rings is 3. The Morgan fingerprint density at radius 3 is 2.24 bits per heavy atom. The van der Waals surface area contributed by atoms with Gasteiger partial charge in [0.05, 0.1) is 10.6 Å². The summed E-state index contributed by atoms with van der Waals surface area (Å²) >= 11 is 0. The SMILES string of the molecule is CCc1ccccc1N(CC(=O)NCc1ccccc1CN1CCCC1=O)S(=O)(=O)c1ccc(C)cc1. The van der Waals surface area contributed by atoms with E-state index in [4.69, 9.17) is 0 Å². The predicted octanol–water partition coefficient (Wildman–Crippen LogP) is 4.19. The molecule has 0 atom stereocenters. The van der Waals surface area contributed by atoms with Gasteiger partial charge in [-0.1, -0.05) is 67.1 Å². The zero-order valence-corrected chi connectivity index (χ0v) is 22.1. The zero-order valence-electron chi connectivity index (χ0n) is 21.3. The summed E-state index contributed by atoms with van der Waals surface area (Å²) in [6.45, 7) is 4.98. The first-order valence-electron chi connectivity index (χ1n) is 12.6. The number of rotatable bonds is 10. The van der Waals surface area contributed by atoms with Crippen LogP contribution in [0.4, 0.5) is 5.69 Å². The molecule has 7 nitrogen and oxygen atoms in total. The third-order valence-corrected chi connectivity index (χ3v) is 8.44. The minimum absolute atomic E-state index is 0.137. The number of para-hydroxylation sites is 1. The number of nitrogens with zero attached hydrogens (tertiary/aromatic N) is 2. The van der Waals surface area contributed by atoms with Crippen LogP contribution in [0.5, 0.6) is 0 Å². The highest BCUT2D eigenvalue weighted by Gasteiger charge is 2.28. The Hall–Kier alpha value is -3.65. The third kappa shape index (κ3) is 6.20. The fourth-order valence-electron chi connectivity index (χ4n) is 4.53. The summed E-state index contributed by atoms with van der Waals surface area (Å²) in [5.41, 5.74) is 4.16. The van der Waals surface area contributed by atoms with Crippen molar-refractivity contribution >= 4 is 27.5 Å². The van der Waals surface area contributed by atoms with Gasteiger partial charge in [-0.3, -0.25) is 13.9 Å². The smallest absolute Gasteiger partial charge is 0.264 e. The first-order valence-corrected chi connectivity index (χ1v) is 14.0. The molecule has 1 N–H and O–H groups in total. The van der Waals surface area contributed by atoms with E-state index >= 15 is 0 Å². The van der Waals surface area contributed by atoms with E-state index < -0.39 is 15.9 Å². The Balaban J connectivity index is 1.55. The number of carbonyl (C=O) groups is 2. The summed E-state index contributed by atoms with van der Waals surface area (Å²) in [5.74, 6) is -0.265. The van der Waals surface area contributed by atoms with E-state index in [1.165, 1.54) is 4.31 Å². The summed E-state index contributed by atoms with van der Waals surface area (Å²) in [6, 6.07) is 21.6. The number of hydrogen-bond donors (Lipinski definition) is 1. The Bertz CT molecular complexity index is 1370. The highest BCUT2D eigenvalue weighted by molar-refractivity contribution is 7.92. The number of likely N-dealkylation sites (tertiary alicyclic amines) is 1. The molecule has 0 aromatic heterocycles. The molecule has 1 aliphatic rings. The van der Waals surface area contributed by atoms with Gasteiger partial charge < -0.3 is 10.2 Å². The van der Waals surface area contributed by atoms with Crippen LogP contribution in [-0.2, 0) is 39.1 Å². The van der Waals surface area contributed by atoms with Crippen molar-refractivity contribution < 1.29 is 18.0 Å². The molecule has 1 saturated heterocycles. The number of amides is 2. The van der Waals surface area contributed by atoms with Crippen LogP contribution in [0, 0.1) is 6.92 Å². The Morgan fingerprint density at radius 2 is 1.59 bits per heavy atom. The van der Waals surface area contributed by atoms with Gasteiger partial charge in [-0.05, 0) is 54.7 Å². The first kappa shape index (κ1) is 26.4. The third-order valence-electron chi connectivity index (χ3n) is 6.66. The molecule has 1 heterocycles. The molecule has 3 aromatic carbocycles. The summed E-state index contributed by atoms with van der Waals surface area (Å²) in [6.07, 6.45) is 2.06. The molecule has 8 heteroatoms. The Kier molecular flexibility index (Phi) is 8.28. The van der Waals surface area contributed by atoms with Crippen molar-refractivity contribution in [3.05, 3.63) is 95.1 Å². The predicted molar refractivity (Wildman–Crippen MR) is 144 cm³/mol. The maximum absolute atomic E-state index is 13.7. The van der Waals surface area contributed by atoms with Crippen LogP contribution in [0.2, 0.25) is 0 Å². The van der Waals surface area contributed by atoms with E-state index in [0.717, 1.165) is 35.2 Å². The highest BCUT2D eigenvalue weighted by atomic mass is 32.2. The van der Waals surface area contributed by atoms with Crippen LogP contribution in [-0.4, -0.2) is 38.2 Å². The fourth-order valence-corrected chi connectivity index (χ4v) is 5.99. The Morgan fingerprint density at radius 1 is 0.946 bits per heavy atom. The molecule has 2 amide bonds. The molecule has 4 rings (SSSR count). The second-order valence-electron chi connectivity index (χ2n) is 9.27. The lowest BCUT2D eigenvalue weighted by atomic mass is 10.1. The highest BCUT2D eigenvalue weighted by Crippen LogP contribution is 2.28. The van der Waals surface area contributed by atoms with E-state index in [2.05, 4.69) is 5.32 Å². The molecule has 0 aliphatic carbocycles. The molecular formula is C29H33N3O4S. The quantitative estimate of drug-likeness (QED) is 0.435. The molecule has 3 aromatic rings. The fraction of sp³-hybridized carbons (Fsp3) is 0.310. The number of carbonyl (C=O) groups excluding carboxylic acids is 2. The van der Waals surface area contributed by atoms with Crippen LogP contribution in [0.25, 0.3) is 0 Å². The van der Waals surface area contributed by atoms with Gasteiger partial charge in [0.15, 0.2) is 0 Å². The summed E-state index contributed by atoms with van der Waals surface area (Å²) in [7, 11) is -3.98. The van der Waals surface area contributed by atoms with Crippen molar-refractivity contribution in [1.29, 1.82) is 0 Å². The van der Waals surface area contributed by atoms with Crippen molar-refractivity contribution in [3.63, 3.8) is 0 Å². The van der Waals surface area contributed by atoms with Gasteiger partial charge in [-0.2, -0.15) is 0 Å². The maximum Gasteiger partial charge on any atom is 0.264 e. The molecule has 37 heavy (non-hydrogen) atoms. The maximum atomic E-state index is 13.7. The van der Waals surface area contributed by atoms with Crippen molar-refractivity contribution in [1.82, 2.24) is 10.2 Å². The molecule has 0 spiro atoms. The van der Waals surface area contributed by atoms with Gasteiger partial charge in [0, 0.05) is 26.1 Å². The van der Waals surface area contributed by atoms with Crippen LogP contribution >= 0.6 is 0 Å². The van der Waals surface area contributed by atoms with Crippen molar-refractivity contribution in [2.45, 2.75) is 51.1 Å². The van der Waals surface area contributed by atoms with Crippen LogP contribution in [0.1, 0.15) is 42.0 Å². The van der Waals surface area contributed by atoms with Crippen molar-refractivity contribution in [2.75, 3.05) is 17.4 Å². The van der Waals surface area contributed by atoms with Crippen molar-refractivity contribution in [2.24, 2.45) is 0 Å². The second kappa shape index (κ2) is 11.6. The Labute approximate surface area is 219 Å². The molecule has 1 aliphatic heterocycles. The van der Waals surface area contributed by atoms with E-state index in [0.29, 0.717) is 25.1 Å². The topological polar surface area (TPSA) is 86.8 Å². The first-order chi connectivity index (χ1) is 17.8. The van der Waals surface area contributed by atoms with Gasteiger partial charge in [0.1, 0.15) is 6.54 Å². The average molecular weight is 520 g/mol. The zero-order chi connectivity index (χ0) is 26.4. The number of hydrogen-bond acceptors (Lipinski definition) is 4.